The molecule has 0 aliphatic carbocycles. The lowest BCUT2D eigenvalue weighted by molar-refractivity contribution is 0.0428. The maximum absolute atomic E-state index is 13.1. The lowest BCUT2D eigenvalue weighted by Gasteiger charge is -2.34. The number of hydrogen-bond donors (Lipinski definition) is 0. The topological polar surface area (TPSA) is 51.5 Å². The van der Waals surface area contributed by atoms with Gasteiger partial charge in [0.25, 0.3) is 5.91 Å². The lowest BCUT2D eigenvalue weighted by Crippen LogP contribution is -2.45. The number of Topliss-reactive ketones (excluding diaryl/α,β-unsaturated/α-hetero) is 1. The molecule has 1 aromatic heterocycles. The summed E-state index contributed by atoms with van der Waals surface area (Å²) >= 11 is 0. The van der Waals surface area contributed by atoms with Gasteiger partial charge in [0.05, 0.1) is 18.5 Å². The summed E-state index contributed by atoms with van der Waals surface area (Å²) in [5, 5.41) is 1.12. The molecule has 1 saturated heterocycles. The molecule has 5 heteroatoms. The number of ketones is 1. The predicted molar refractivity (Wildman–Crippen MR) is 102 cm³/mol. The number of carbonyl (C=O) groups excluding carboxylic acids is 2. The van der Waals surface area contributed by atoms with Gasteiger partial charge in [-0.15, -0.1) is 0 Å². The van der Waals surface area contributed by atoms with Gasteiger partial charge in [-0.3, -0.25) is 9.59 Å². The highest BCUT2D eigenvalue weighted by atomic mass is 16.5. The monoisotopic (exact) mass is 360 g/mol. The number of rotatable bonds is 1. The molecule has 1 fully saturated rings. The van der Waals surface area contributed by atoms with Crippen LogP contribution in [0.3, 0.4) is 0 Å². The van der Waals surface area contributed by atoms with Crippen molar-refractivity contribution in [1.29, 1.82) is 0 Å². The van der Waals surface area contributed by atoms with E-state index in [0.717, 1.165) is 10.9 Å². The molecule has 1 unspecified atom stereocenters. The molecule has 27 heavy (non-hydrogen) atoms. The molecule has 2 aromatic carbocycles. The van der Waals surface area contributed by atoms with E-state index in [0.29, 0.717) is 42.8 Å². The van der Waals surface area contributed by atoms with Crippen LogP contribution in [-0.2, 0) is 7.05 Å². The number of hydrogen-bond acceptors (Lipinski definition) is 3. The fraction of sp³-hybridized carbons (Fsp3) is 0.273. The third kappa shape index (κ3) is 2.53. The molecule has 3 heterocycles. The molecule has 1 atom stereocenters. The van der Waals surface area contributed by atoms with Crippen LogP contribution in [0.4, 0.5) is 0 Å². The van der Waals surface area contributed by atoms with E-state index in [1.165, 1.54) is 0 Å². The molecule has 5 nitrogen and oxygen atoms in total. The highest BCUT2D eigenvalue weighted by molar-refractivity contribution is 6.01. The van der Waals surface area contributed by atoms with Crippen molar-refractivity contribution in [1.82, 2.24) is 9.47 Å². The number of carbonyl (C=O) groups is 2. The first-order valence-electron chi connectivity index (χ1n) is 9.20. The third-order valence-electron chi connectivity index (χ3n) is 5.74. The SMILES string of the molecule is Cn1ccc2ccc(C(=O)N3CCC4(CC(=O)c5ccccc5O4)C3)cc21. The maximum atomic E-state index is 13.1. The minimum Gasteiger partial charge on any atom is -0.484 e. The lowest BCUT2D eigenvalue weighted by atomic mass is 9.89. The van der Waals surface area contributed by atoms with Crippen molar-refractivity contribution in [2.45, 2.75) is 18.4 Å². The van der Waals surface area contributed by atoms with Crippen molar-refractivity contribution in [3.05, 3.63) is 65.9 Å². The van der Waals surface area contributed by atoms with Crippen molar-refractivity contribution >= 4 is 22.6 Å². The molecular weight excluding hydrogens is 340 g/mol. The van der Waals surface area contributed by atoms with Crippen LogP contribution in [0, 0.1) is 0 Å². The van der Waals surface area contributed by atoms with Crippen LogP contribution in [0.2, 0.25) is 0 Å². The van der Waals surface area contributed by atoms with E-state index in [9.17, 15) is 9.59 Å². The average Bonchev–Trinajstić information content (AvgIpc) is 3.25. The minimum atomic E-state index is -0.601. The summed E-state index contributed by atoms with van der Waals surface area (Å²) in [7, 11) is 1.97. The smallest absolute Gasteiger partial charge is 0.254 e. The second-order valence-corrected chi connectivity index (χ2v) is 7.56. The number of nitrogens with zero attached hydrogens (tertiary/aromatic N) is 2. The van der Waals surface area contributed by atoms with Crippen LogP contribution in [0.15, 0.2) is 54.7 Å². The summed E-state index contributed by atoms with van der Waals surface area (Å²) in [6.07, 6.45) is 2.98. The number of benzene rings is 2. The number of aryl methyl sites for hydroxylation is 1. The van der Waals surface area contributed by atoms with E-state index >= 15 is 0 Å². The van der Waals surface area contributed by atoms with Gasteiger partial charge in [0.1, 0.15) is 11.4 Å². The number of fused-ring (bicyclic) bond motifs is 2. The Morgan fingerprint density at radius 1 is 1.15 bits per heavy atom. The van der Waals surface area contributed by atoms with Crippen molar-refractivity contribution in [3.8, 4) is 5.75 Å². The van der Waals surface area contributed by atoms with E-state index in [1.807, 2.05) is 65.2 Å². The molecule has 1 spiro atoms. The van der Waals surface area contributed by atoms with Crippen molar-refractivity contribution < 1.29 is 14.3 Å². The van der Waals surface area contributed by atoms with Crippen LogP contribution in [0.25, 0.3) is 10.9 Å². The number of para-hydroxylation sites is 1. The third-order valence-corrected chi connectivity index (χ3v) is 5.74. The summed E-state index contributed by atoms with van der Waals surface area (Å²) in [5.74, 6) is 0.717. The maximum Gasteiger partial charge on any atom is 0.254 e. The standard InChI is InChI=1S/C22H20N2O3/c1-23-10-8-15-6-7-16(12-18(15)23)21(26)24-11-9-22(14-24)13-19(25)17-4-2-3-5-20(17)27-22/h2-8,10,12H,9,11,13-14H2,1H3. The zero-order chi connectivity index (χ0) is 18.6. The second kappa shape index (κ2) is 5.71. The number of ether oxygens (including phenoxy) is 1. The quantitative estimate of drug-likeness (QED) is 0.668. The molecule has 2 aliphatic rings. The van der Waals surface area contributed by atoms with Crippen molar-refractivity contribution in [2.24, 2.45) is 7.05 Å². The van der Waals surface area contributed by atoms with Crippen LogP contribution in [-0.4, -0.2) is 39.8 Å². The molecule has 0 radical (unpaired) electrons. The Labute approximate surface area is 157 Å². The van der Waals surface area contributed by atoms with Crippen molar-refractivity contribution in [2.75, 3.05) is 13.1 Å². The van der Waals surface area contributed by atoms with Crippen molar-refractivity contribution in [3.63, 3.8) is 0 Å². The second-order valence-electron chi connectivity index (χ2n) is 7.56. The first kappa shape index (κ1) is 16.1. The van der Waals surface area contributed by atoms with Gasteiger partial charge in [0, 0.05) is 37.3 Å². The first-order valence-corrected chi connectivity index (χ1v) is 9.20. The summed E-state index contributed by atoms with van der Waals surface area (Å²) in [4.78, 5) is 27.4. The van der Waals surface area contributed by atoms with Gasteiger partial charge in [0.15, 0.2) is 5.78 Å². The van der Waals surface area contributed by atoms with Crippen LogP contribution in [0.1, 0.15) is 33.6 Å². The van der Waals surface area contributed by atoms with Gasteiger partial charge in [-0.2, -0.15) is 0 Å². The Morgan fingerprint density at radius 2 is 2.00 bits per heavy atom. The van der Waals surface area contributed by atoms with Crippen LogP contribution in [0.5, 0.6) is 5.75 Å². The van der Waals surface area contributed by atoms with Crippen LogP contribution < -0.4 is 4.74 Å². The predicted octanol–water partition coefficient (Wildman–Crippen LogP) is 3.43. The van der Waals surface area contributed by atoms with E-state index in [-0.39, 0.29) is 11.7 Å². The minimum absolute atomic E-state index is 0.00937. The Kier molecular flexibility index (Phi) is 3.41. The summed E-state index contributed by atoms with van der Waals surface area (Å²) in [5.41, 5.74) is 1.75. The van der Waals surface area contributed by atoms with Gasteiger partial charge in [0.2, 0.25) is 0 Å². The highest BCUT2D eigenvalue weighted by Crippen LogP contribution is 2.39. The van der Waals surface area contributed by atoms with E-state index < -0.39 is 5.60 Å². The van der Waals surface area contributed by atoms with E-state index in [2.05, 4.69) is 0 Å². The first-order chi connectivity index (χ1) is 13.0. The van der Waals surface area contributed by atoms with Gasteiger partial charge in [-0.1, -0.05) is 18.2 Å². The number of likely N-dealkylation sites (tertiary alicyclic amines) is 1. The largest absolute Gasteiger partial charge is 0.484 e. The van der Waals surface area contributed by atoms with Gasteiger partial charge < -0.3 is 14.2 Å². The average molecular weight is 360 g/mol. The fourth-order valence-corrected chi connectivity index (χ4v) is 4.27. The summed E-state index contributed by atoms with van der Waals surface area (Å²) in [6.45, 7) is 1.04. The molecule has 5 rings (SSSR count). The number of aromatic nitrogens is 1. The normalized spacial score (nSPS) is 21.5. The summed E-state index contributed by atoms with van der Waals surface area (Å²) < 4.78 is 8.24. The summed E-state index contributed by atoms with van der Waals surface area (Å²) in [6, 6.07) is 15.2. The Morgan fingerprint density at radius 3 is 2.89 bits per heavy atom. The Hall–Kier alpha value is -3.08. The zero-order valence-corrected chi connectivity index (χ0v) is 15.1. The van der Waals surface area contributed by atoms with Gasteiger partial charge in [-0.25, -0.2) is 0 Å². The molecule has 0 N–H and O–H groups in total. The zero-order valence-electron chi connectivity index (χ0n) is 15.1. The molecule has 3 aromatic rings. The van der Waals surface area contributed by atoms with E-state index in [4.69, 9.17) is 4.74 Å². The van der Waals surface area contributed by atoms with Gasteiger partial charge in [-0.05, 0) is 35.7 Å². The van der Waals surface area contributed by atoms with E-state index in [1.54, 1.807) is 6.07 Å². The molecule has 2 aliphatic heterocycles. The molecule has 0 bridgehead atoms. The molecular formula is C22H20N2O3. The van der Waals surface area contributed by atoms with Crippen LogP contribution >= 0.6 is 0 Å². The Balaban J connectivity index is 1.41. The highest BCUT2D eigenvalue weighted by Gasteiger charge is 2.47. The molecule has 0 saturated carbocycles. The molecule has 136 valence electrons. The number of amides is 1. The molecule has 1 amide bonds. The fourth-order valence-electron chi connectivity index (χ4n) is 4.27. The Bertz CT molecular complexity index is 1080. The van der Waals surface area contributed by atoms with Gasteiger partial charge >= 0.3 is 0 Å².